The van der Waals surface area contributed by atoms with Crippen molar-refractivity contribution in [1.29, 1.82) is 0 Å². The fraction of sp³-hybridized carbons (Fsp3) is 0.370. The molecule has 1 aliphatic heterocycles. The maximum absolute atomic E-state index is 14.1. The number of aromatic nitrogens is 2. The first-order valence-electron chi connectivity index (χ1n) is 12.5. The molecule has 11 heteroatoms. The lowest BCUT2D eigenvalue weighted by molar-refractivity contribution is 0.0985. The zero-order valence-electron chi connectivity index (χ0n) is 21.5. The quantitative estimate of drug-likeness (QED) is 0.486. The average molecular weight is 540 g/mol. The van der Waals surface area contributed by atoms with E-state index in [1.54, 1.807) is 37.3 Å². The number of morpholine rings is 1. The van der Waals surface area contributed by atoms with Crippen molar-refractivity contribution in [1.82, 2.24) is 15.3 Å². The van der Waals surface area contributed by atoms with E-state index in [-0.39, 0.29) is 17.0 Å². The summed E-state index contributed by atoms with van der Waals surface area (Å²) in [7, 11) is -2.41. The summed E-state index contributed by atoms with van der Waals surface area (Å²) in [5, 5.41) is 5.21. The van der Waals surface area contributed by atoms with Gasteiger partial charge in [0, 0.05) is 30.9 Å². The van der Waals surface area contributed by atoms with Crippen LogP contribution in [0.4, 0.5) is 20.7 Å². The summed E-state index contributed by atoms with van der Waals surface area (Å²) in [6, 6.07) is 12.3. The molecule has 2 N–H and O–H groups in total. The van der Waals surface area contributed by atoms with E-state index in [4.69, 9.17) is 14.7 Å². The summed E-state index contributed by atoms with van der Waals surface area (Å²) in [5.41, 5.74) is 2.15. The van der Waals surface area contributed by atoms with Crippen molar-refractivity contribution >= 4 is 27.4 Å². The molecule has 1 aromatic heterocycles. The summed E-state index contributed by atoms with van der Waals surface area (Å²) in [4.78, 5) is 23.3. The maximum atomic E-state index is 14.1. The third-order valence-corrected chi connectivity index (χ3v) is 9.79. The Morgan fingerprint density at radius 3 is 2.53 bits per heavy atom. The van der Waals surface area contributed by atoms with Gasteiger partial charge in [0.1, 0.15) is 16.4 Å². The number of anilines is 2. The van der Waals surface area contributed by atoms with Gasteiger partial charge >= 0.3 is 6.03 Å². The van der Waals surface area contributed by atoms with Gasteiger partial charge in [0.15, 0.2) is 15.7 Å². The highest BCUT2D eigenvalue weighted by Gasteiger charge is 2.58. The maximum Gasteiger partial charge on any atom is 0.318 e. The Balaban J connectivity index is 1.61. The second-order valence-electron chi connectivity index (χ2n) is 9.74. The highest BCUT2D eigenvalue weighted by Crippen LogP contribution is 2.55. The Kier molecular flexibility index (Phi) is 6.83. The molecule has 5 rings (SSSR count). The minimum atomic E-state index is -3.94. The van der Waals surface area contributed by atoms with Gasteiger partial charge in [0.05, 0.1) is 29.8 Å². The van der Waals surface area contributed by atoms with Crippen molar-refractivity contribution in [2.45, 2.75) is 42.4 Å². The first kappa shape index (κ1) is 26.1. The third-order valence-electron chi connectivity index (χ3n) is 7.13. The topological polar surface area (TPSA) is 114 Å². The Bertz CT molecular complexity index is 1480. The van der Waals surface area contributed by atoms with Crippen molar-refractivity contribution in [3.05, 3.63) is 65.6 Å². The number of carbonyl (C=O) groups is 1. The molecule has 38 heavy (non-hydrogen) atoms. The smallest absolute Gasteiger partial charge is 0.318 e. The van der Waals surface area contributed by atoms with Crippen molar-refractivity contribution < 1.29 is 22.3 Å². The molecule has 1 saturated carbocycles. The number of aryl methyl sites for hydroxylation is 1. The molecule has 2 heterocycles. The minimum absolute atomic E-state index is 0.0129. The van der Waals surface area contributed by atoms with Crippen molar-refractivity contribution in [3.63, 3.8) is 0 Å². The van der Waals surface area contributed by atoms with Gasteiger partial charge < -0.3 is 20.3 Å². The number of sulfone groups is 1. The highest BCUT2D eigenvalue weighted by atomic mass is 32.2. The van der Waals surface area contributed by atoms with E-state index in [9.17, 15) is 17.6 Å². The monoisotopic (exact) mass is 539 g/mol. The zero-order chi connectivity index (χ0) is 27.1. The number of carbonyl (C=O) groups excluding carboxylic acids is 1. The molecule has 9 nitrogen and oxygen atoms in total. The van der Waals surface area contributed by atoms with Crippen LogP contribution >= 0.6 is 0 Å². The molecule has 2 aromatic carbocycles. The molecular formula is C27H30FN5O4S. The molecule has 2 fully saturated rings. The Hall–Kier alpha value is -3.57. The summed E-state index contributed by atoms with van der Waals surface area (Å²) < 4.78 is 46.4. The van der Waals surface area contributed by atoms with Crippen LogP contribution in [-0.4, -0.2) is 57.3 Å². The number of halogens is 1. The normalized spacial score (nSPS) is 18.6. The van der Waals surface area contributed by atoms with E-state index in [1.165, 1.54) is 19.2 Å². The summed E-state index contributed by atoms with van der Waals surface area (Å²) in [6.45, 7) is 5.36. The Labute approximate surface area is 221 Å². The fourth-order valence-electron chi connectivity index (χ4n) is 4.76. The van der Waals surface area contributed by atoms with Gasteiger partial charge in [0.25, 0.3) is 0 Å². The van der Waals surface area contributed by atoms with E-state index in [0.717, 1.165) is 6.07 Å². The molecule has 2 aliphatic rings. The Morgan fingerprint density at radius 2 is 1.87 bits per heavy atom. The predicted molar refractivity (Wildman–Crippen MR) is 142 cm³/mol. The van der Waals surface area contributed by atoms with Crippen molar-refractivity contribution in [3.8, 4) is 11.4 Å². The number of hydrogen-bond acceptors (Lipinski definition) is 7. The van der Waals surface area contributed by atoms with Crippen molar-refractivity contribution in [2.24, 2.45) is 0 Å². The Morgan fingerprint density at radius 1 is 1.13 bits per heavy atom. The molecule has 3 aromatic rings. The van der Waals surface area contributed by atoms with Gasteiger partial charge in [-0.3, -0.25) is 0 Å². The number of nitrogens with one attached hydrogen (secondary N) is 2. The average Bonchev–Trinajstić information content (AvgIpc) is 3.73. The van der Waals surface area contributed by atoms with Gasteiger partial charge in [0.2, 0.25) is 0 Å². The van der Waals surface area contributed by atoms with Crippen LogP contribution in [0.1, 0.15) is 31.0 Å². The summed E-state index contributed by atoms with van der Waals surface area (Å²) in [6.07, 6.45) is 0.768. The number of amides is 2. The minimum Gasteiger partial charge on any atom is -0.377 e. The first-order chi connectivity index (χ1) is 18.1. The molecule has 2 amide bonds. The number of rotatable bonds is 6. The summed E-state index contributed by atoms with van der Waals surface area (Å²) >= 11 is 0. The number of urea groups is 1. The van der Waals surface area contributed by atoms with Crippen LogP contribution in [-0.2, 0) is 19.3 Å². The van der Waals surface area contributed by atoms with E-state index < -0.39 is 20.4 Å². The molecule has 1 atom stereocenters. The predicted octanol–water partition coefficient (Wildman–Crippen LogP) is 4.03. The molecule has 0 radical (unpaired) electrons. The lowest BCUT2D eigenvalue weighted by atomic mass is 10.1. The lowest BCUT2D eigenvalue weighted by Crippen LogP contribution is -2.44. The van der Waals surface area contributed by atoms with Gasteiger partial charge in [-0.1, -0.05) is 6.07 Å². The van der Waals surface area contributed by atoms with Crippen LogP contribution in [0.2, 0.25) is 0 Å². The number of ether oxygens (including phenoxy) is 1. The molecule has 0 unspecified atom stereocenters. The van der Waals surface area contributed by atoms with Gasteiger partial charge in [-0.05, 0) is 68.7 Å². The van der Waals surface area contributed by atoms with E-state index in [1.807, 2.05) is 6.92 Å². The number of hydrogen-bond donors (Lipinski definition) is 2. The fourth-order valence-corrected chi connectivity index (χ4v) is 6.96. The standard InChI is InChI=1S/C27H30FN5O4S/c1-17-4-7-20(28)14-22(17)38(35,36)27(10-11-27)23-15-24(33-12-13-37-16-18(33)2)32-25(31-23)19-5-8-21(9-6-19)30-26(34)29-3/h4-9,14-15,18H,10-13,16H2,1-3H3,(H2,29,30,34)/t18-/m0/s1. The second kappa shape index (κ2) is 9.95. The number of benzene rings is 2. The van der Waals surface area contributed by atoms with Crippen LogP contribution in [0.3, 0.4) is 0 Å². The summed E-state index contributed by atoms with van der Waals surface area (Å²) in [5.74, 6) is 0.396. The molecule has 200 valence electrons. The van der Waals surface area contributed by atoms with Gasteiger partial charge in [-0.25, -0.2) is 27.6 Å². The third kappa shape index (κ3) is 4.71. The first-order valence-corrected chi connectivity index (χ1v) is 14.0. The van der Waals surface area contributed by atoms with E-state index in [0.29, 0.717) is 66.8 Å². The highest BCUT2D eigenvalue weighted by molar-refractivity contribution is 7.92. The molecular weight excluding hydrogens is 509 g/mol. The van der Waals surface area contributed by atoms with Crippen LogP contribution in [0.25, 0.3) is 11.4 Å². The largest absolute Gasteiger partial charge is 0.377 e. The van der Waals surface area contributed by atoms with Crippen molar-refractivity contribution in [2.75, 3.05) is 37.0 Å². The molecule has 1 aliphatic carbocycles. The lowest BCUT2D eigenvalue weighted by Gasteiger charge is -2.34. The molecule has 0 spiro atoms. The van der Waals surface area contributed by atoms with E-state index >= 15 is 0 Å². The molecule has 0 bridgehead atoms. The number of nitrogens with zero attached hydrogens (tertiary/aromatic N) is 3. The van der Waals surface area contributed by atoms with Crippen LogP contribution < -0.4 is 15.5 Å². The molecule has 1 saturated heterocycles. The van der Waals surface area contributed by atoms with E-state index in [2.05, 4.69) is 15.5 Å². The van der Waals surface area contributed by atoms with Gasteiger partial charge in [-0.2, -0.15) is 0 Å². The van der Waals surface area contributed by atoms with Crippen LogP contribution in [0.15, 0.2) is 53.4 Å². The zero-order valence-corrected chi connectivity index (χ0v) is 22.3. The SMILES string of the molecule is CNC(=O)Nc1ccc(-c2nc(N3CCOC[C@@H]3C)cc(C3(S(=O)(=O)c4cc(F)ccc4C)CC3)n2)cc1. The van der Waals surface area contributed by atoms with Crippen LogP contribution in [0.5, 0.6) is 0 Å². The van der Waals surface area contributed by atoms with Gasteiger partial charge in [-0.15, -0.1) is 0 Å². The van der Waals surface area contributed by atoms with Crippen LogP contribution in [0, 0.1) is 12.7 Å². The second-order valence-corrected chi connectivity index (χ2v) is 12.0.